The minimum Gasteiger partial charge on any atom is -0.457 e. The molecule has 0 bridgehead atoms. The van der Waals surface area contributed by atoms with Gasteiger partial charge in [-0.05, 0) is 44.9 Å². The van der Waals surface area contributed by atoms with E-state index in [1.165, 1.54) is 25.7 Å². The van der Waals surface area contributed by atoms with Crippen LogP contribution in [0.15, 0.2) is 48.6 Å². The summed E-state index contributed by atoms with van der Waals surface area (Å²) in [5, 5.41) is 9.38. The number of nitrogens with zero attached hydrogens (tertiary/aromatic N) is 1. The van der Waals surface area contributed by atoms with Crippen molar-refractivity contribution in [3.63, 3.8) is 0 Å². The van der Waals surface area contributed by atoms with Crippen molar-refractivity contribution in [1.82, 2.24) is 0 Å². The number of quaternary nitrogens is 1. The van der Waals surface area contributed by atoms with Crippen LogP contribution < -0.4 is 0 Å². The van der Waals surface area contributed by atoms with E-state index in [9.17, 15) is 19.4 Å². The van der Waals surface area contributed by atoms with Crippen LogP contribution in [0.5, 0.6) is 0 Å². The lowest BCUT2D eigenvalue weighted by Crippen LogP contribution is -2.37. The fourth-order valence-corrected chi connectivity index (χ4v) is 3.68. The molecule has 0 aromatic heterocycles. The highest BCUT2D eigenvalue weighted by Crippen LogP contribution is 2.43. The Balaban J connectivity index is 3.91. The second-order valence-electron chi connectivity index (χ2n) is 9.89. The zero-order valence-corrected chi connectivity index (χ0v) is 24.3. The molecule has 1 unspecified atom stereocenters. The number of esters is 1. The highest BCUT2D eigenvalue weighted by atomic mass is 31.2. The second-order valence-corrected chi connectivity index (χ2v) is 11.3. The number of rotatable bonds is 23. The summed E-state index contributed by atoms with van der Waals surface area (Å²) in [6.07, 6.45) is 25.5. The summed E-state index contributed by atoms with van der Waals surface area (Å²) in [5.41, 5.74) is 0. The number of aliphatic hydroxyl groups excluding tert-OH is 1. The van der Waals surface area contributed by atoms with Crippen LogP contribution in [-0.4, -0.2) is 74.1 Å². The van der Waals surface area contributed by atoms with E-state index < -0.39 is 33.1 Å². The predicted octanol–water partition coefficient (Wildman–Crippen LogP) is 5.88. The van der Waals surface area contributed by atoms with Gasteiger partial charge in [-0.2, -0.15) is 0 Å². The number of hydrogen-bond acceptors (Lipinski definition) is 6. The van der Waals surface area contributed by atoms with Gasteiger partial charge in [0.25, 0.3) is 0 Å². The zero-order valence-electron chi connectivity index (χ0n) is 23.4. The first-order chi connectivity index (χ1) is 17.6. The molecule has 8 nitrogen and oxygen atoms in total. The summed E-state index contributed by atoms with van der Waals surface area (Å²) >= 11 is 0. The molecule has 37 heavy (non-hydrogen) atoms. The van der Waals surface area contributed by atoms with Crippen molar-refractivity contribution >= 4 is 13.8 Å². The summed E-state index contributed by atoms with van der Waals surface area (Å²) < 4.78 is 27.4. The van der Waals surface area contributed by atoms with E-state index in [-0.39, 0.29) is 13.0 Å². The van der Waals surface area contributed by atoms with Gasteiger partial charge < -0.3 is 19.2 Å². The molecule has 214 valence electrons. The first-order valence-electron chi connectivity index (χ1n) is 13.4. The number of carbonyl (C=O) groups excluding carboxylic acids is 1. The number of phosphoric acid groups is 1. The van der Waals surface area contributed by atoms with Gasteiger partial charge in [0, 0.05) is 6.42 Å². The maximum Gasteiger partial charge on any atom is 0.472 e. The molecule has 2 N–H and O–H groups in total. The van der Waals surface area contributed by atoms with E-state index >= 15 is 0 Å². The van der Waals surface area contributed by atoms with E-state index in [1.54, 1.807) is 0 Å². The molecule has 2 atom stereocenters. The van der Waals surface area contributed by atoms with E-state index in [4.69, 9.17) is 13.8 Å². The smallest absolute Gasteiger partial charge is 0.457 e. The lowest BCUT2D eigenvalue weighted by molar-refractivity contribution is -0.870. The molecule has 0 aliphatic carbocycles. The SMILES string of the molecule is CCCCC/C=C\C/C=C\C/C=C\C/C=C\CCCC(=O)O[C@H](CO)COP(=O)(O)OCC[N+](C)(C)C. The standard InChI is InChI=1S/C28H50NO7P/c1-5-6-7-8-9-10-11-12-13-14-15-16-17-18-19-20-21-22-28(31)36-27(25-30)26-35-37(32,33)34-24-23-29(2,3)4/h9-10,12-13,15-16,18-19,27,30H,5-8,11,14,17,20-26H2,1-4H3/p+1/b10-9-,13-12-,16-15-,19-18-/t27-/m1/s1. The quantitative estimate of drug-likeness (QED) is 0.0545. The normalized spacial score (nSPS) is 15.3. The number of ether oxygens (including phenoxy) is 1. The van der Waals surface area contributed by atoms with Crippen molar-refractivity contribution in [3.05, 3.63) is 48.6 Å². The molecule has 0 radical (unpaired) electrons. The molecule has 0 heterocycles. The third-order valence-corrected chi connectivity index (χ3v) is 6.14. The average molecular weight is 545 g/mol. The van der Waals surface area contributed by atoms with Gasteiger partial charge in [0.1, 0.15) is 19.3 Å². The van der Waals surface area contributed by atoms with Crippen molar-refractivity contribution in [1.29, 1.82) is 0 Å². The molecule has 0 amide bonds. The largest absolute Gasteiger partial charge is 0.472 e. The van der Waals surface area contributed by atoms with Crippen LogP contribution in [0.1, 0.15) is 71.1 Å². The van der Waals surface area contributed by atoms with Gasteiger partial charge in [-0.15, -0.1) is 0 Å². The van der Waals surface area contributed by atoms with Gasteiger partial charge in [-0.3, -0.25) is 13.8 Å². The van der Waals surface area contributed by atoms with Crippen molar-refractivity contribution in [2.24, 2.45) is 0 Å². The van der Waals surface area contributed by atoms with Gasteiger partial charge in [0.2, 0.25) is 0 Å². The fraction of sp³-hybridized carbons (Fsp3) is 0.679. The Morgan fingerprint density at radius 1 is 0.865 bits per heavy atom. The summed E-state index contributed by atoms with van der Waals surface area (Å²) in [6, 6.07) is 0. The minimum atomic E-state index is -4.28. The van der Waals surface area contributed by atoms with Crippen LogP contribution >= 0.6 is 7.82 Å². The number of carbonyl (C=O) groups is 1. The fourth-order valence-electron chi connectivity index (χ4n) is 2.94. The lowest BCUT2D eigenvalue weighted by atomic mass is 10.2. The van der Waals surface area contributed by atoms with Crippen LogP contribution in [0, 0.1) is 0 Å². The Morgan fingerprint density at radius 2 is 1.41 bits per heavy atom. The Bertz CT molecular complexity index is 741. The van der Waals surface area contributed by atoms with E-state index in [2.05, 4.69) is 49.5 Å². The summed E-state index contributed by atoms with van der Waals surface area (Å²) in [5.74, 6) is -0.489. The third-order valence-electron chi connectivity index (χ3n) is 5.15. The maximum absolute atomic E-state index is 12.0. The monoisotopic (exact) mass is 544 g/mol. The molecule has 0 fully saturated rings. The van der Waals surface area contributed by atoms with Crippen LogP contribution in [-0.2, 0) is 23.1 Å². The van der Waals surface area contributed by atoms with Crippen LogP contribution in [0.25, 0.3) is 0 Å². The number of phosphoric ester groups is 1. The van der Waals surface area contributed by atoms with Gasteiger partial charge in [0.05, 0.1) is 34.4 Å². The minimum absolute atomic E-state index is 0.0400. The number of unbranched alkanes of at least 4 members (excludes halogenated alkanes) is 4. The average Bonchev–Trinajstić information content (AvgIpc) is 2.82. The summed E-state index contributed by atoms with van der Waals surface area (Å²) in [6.45, 7) is 1.85. The number of aliphatic hydroxyl groups is 1. The van der Waals surface area contributed by atoms with Crippen LogP contribution in [0.2, 0.25) is 0 Å². The van der Waals surface area contributed by atoms with Gasteiger partial charge in [-0.1, -0.05) is 68.4 Å². The molecule has 0 spiro atoms. The lowest BCUT2D eigenvalue weighted by Gasteiger charge is -2.24. The molecule has 0 saturated carbocycles. The van der Waals surface area contributed by atoms with Gasteiger partial charge in [0.15, 0.2) is 0 Å². The predicted molar refractivity (Wildman–Crippen MR) is 150 cm³/mol. The molecule has 0 saturated heterocycles. The summed E-state index contributed by atoms with van der Waals surface area (Å²) in [4.78, 5) is 21.7. The molecule has 0 rings (SSSR count). The molecular formula is C28H51NO7P+. The van der Waals surface area contributed by atoms with Crippen molar-refractivity contribution in [2.45, 2.75) is 77.2 Å². The zero-order chi connectivity index (χ0) is 27.8. The Morgan fingerprint density at radius 3 is 1.92 bits per heavy atom. The van der Waals surface area contributed by atoms with E-state index in [1.807, 2.05) is 27.2 Å². The highest BCUT2D eigenvalue weighted by molar-refractivity contribution is 7.47. The van der Waals surface area contributed by atoms with Gasteiger partial charge in [-0.25, -0.2) is 4.57 Å². The third kappa shape index (κ3) is 25.9. The van der Waals surface area contributed by atoms with E-state index in [0.717, 1.165) is 25.7 Å². The highest BCUT2D eigenvalue weighted by Gasteiger charge is 2.25. The van der Waals surface area contributed by atoms with Crippen LogP contribution in [0.3, 0.4) is 0 Å². The maximum atomic E-state index is 12.0. The molecule has 0 aromatic rings. The van der Waals surface area contributed by atoms with E-state index in [0.29, 0.717) is 17.4 Å². The van der Waals surface area contributed by atoms with Crippen molar-refractivity contribution in [3.8, 4) is 0 Å². The molecule has 0 aromatic carbocycles. The number of allylic oxidation sites excluding steroid dienone is 8. The Hall–Kier alpha value is -1.54. The summed E-state index contributed by atoms with van der Waals surface area (Å²) in [7, 11) is 1.50. The van der Waals surface area contributed by atoms with Crippen molar-refractivity contribution in [2.75, 3.05) is 47.5 Å². The van der Waals surface area contributed by atoms with Crippen molar-refractivity contribution < 1.29 is 37.6 Å². The Kier molecular flexibility index (Phi) is 21.5. The first-order valence-corrected chi connectivity index (χ1v) is 14.9. The molecule has 0 aliphatic heterocycles. The topological polar surface area (TPSA) is 102 Å². The Labute approximate surface area is 224 Å². The molecule has 9 heteroatoms. The second kappa shape index (κ2) is 22.4. The number of hydrogen-bond donors (Lipinski definition) is 2. The first kappa shape index (κ1) is 35.5. The number of likely N-dealkylation sites (N-methyl/N-ethyl adjacent to an activating group) is 1. The molecular weight excluding hydrogens is 493 g/mol. The molecule has 0 aliphatic rings. The van der Waals surface area contributed by atoms with Gasteiger partial charge >= 0.3 is 13.8 Å². The van der Waals surface area contributed by atoms with Crippen LogP contribution in [0.4, 0.5) is 0 Å².